The van der Waals surface area contributed by atoms with E-state index in [-0.39, 0.29) is 83.6 Å². The van der Waals surface area contributed by atoms with Gasteiger partial charge >= 0.3 is 18.4 Å². The van der Waals surface area contributed by atoms with Crippen molar-refractivity contribution < 1.29 is 68.4 Å². The molecule has 1 fully saturated rings. The van der Waals surface area contributed by atoms with Gasteiger partial charge in [-0.15, -0.1) is 0 Å². The molecule has 4 aromatic rings. The number of aromatic nitrogens is 3. The van der Waals surface area contributed by atoms with E-state index in [4.69, 9.17) is 41.6 Å². The Balaban J connectivity index is 1.71. The first-order valence-corrected chi connectivity index (χ1v) is 22.1. The highest BCUT2D eigenvalue weighted by Gasteiger charge is 2.45. The number of aliphatic hydroxyl groups is 1. The first kappa shape index (κ1) is 56.0. The number of hydrogen-bond acceptors (Lipinski definition) is 12. The minimum Gasteiger partial charge on any atom is -0.446 e. The molecule has 25 heteroatoms. The lowest BCUT2D eigenvalue weighted by molar-refractivity contribution is -0.141. The second-order valence-corrected chi connectivity index (χ2v) is 17.1. The molecular weight excluding hydrogens is 981 g/mol. The van der Waals surface area contributed by atoms with Gasteiger partial charge in [-0.05, 0) is 88.9 Å². The van der Waals surface area contributed by atoms with E-state index in [2.05, 4.69) is 38.0 Å². The third-order valence-corrected chi connectivity index (χ3v) is 11.2. The van der Waals surface area contributed by atoms with Gasteiger partial charge in [0.25, 0.3) is 0 Å². The number of fused-ring (bicyclic) bond motifs is 1. The molecule has 1 saturated carbocycles. The van der Waals surface area contributed by atoms with E-state index in [9.17, 15) is 44.7 Å². The van der Waals surface area contributed by atoms with E-state index >= 15 is 4.39 Å². The fourth-order valence-corrected chi connectivity index (χ4v) is 7.58. The van der Waals surface area contributed by atoms with Gasteiger partial charge in [0.1, 0.15) is 48.4 Å². The number of hydrazine groups is 1. The number of pyridine rings is 1. The van der Waals surface area contributed by atoms with Crippen molar-refractivity contribution in [2.24, 2.45) is 10.7 Å². The van der Waals surface area contributed by atoms with Crippen LogP contribution in [0, 0.1) is 23.5 Å². The number of alkyl halides is 7. The van der Waals surface area contributed by atoms with Crippen LogP contribution < -0.4 is 26.8 Å². The summed E-state index contributed by atoms with van der Waals surface area (Å²) in [5.41, 5.74) is 1.14. The van der Waals surface area contributed by atoms with Gasteiger partial charge in [-0.2, -0.15) is 36.5 Å². The number of carbonyl (C=O) groups excluding carboxylic acids is 2. The second-order valence-electron chi connectivity index (χ2n) is 16.6. The first-order chi connectivity index (χ1) is 33.3. The molecule has 0 bridgehead atoms. The van der Waals surface area contributed by atoms with Crippen LogP contribution in [-0.2, 0) is 32.0 Å². The Bertz CT molecular complexity index is 2680. The van der Waals surface area contributed by atoms with E-state index in [0.29, 0.717) is 15.8 Å². The van der Waals surface area contributed by atoms with E-state index < -0.39 is 108 Å². The number of amides is 2. The molecule has 15 nitrogen and oxygen atoms in total. The largest absolute Gasteiger partial charge is 0.446 e. The smallest absolute Gasteiger partial charge is 0.431 e. The molecule has 2 unspecified atom stereocenters. The maximum atomic E-state index is 15.7. The van der Waals surface area contributed by atoms with Gasteiger partial charge in [0.15, 0.2) is 5.82 Å². The third-order valence-electron chi connectivity index (χ3n) is 10.8. The van der Waals surface area contributed by atoms with Crippen molar-refractivity contribution in [3.8, 4) is 23.0 Å². The minimum absolute atomic E-state index is 0.0255. The Morgan fingerprint density at radius 1 is 1.00 bits per heavy atom. The lowest BCUT2D eigenvalue weighted by Crippen LogP contribution is -2.42. The molecule has 5 rings (SSSR count). The number of nitrogens with zero attached hydrogens (tertiary/aromatic N) is 5. The maximum absolute atomic E-state index is 15.7. The van der Waals surface area contributed by atoms with E-state index in [1.807, 2.05) is 0 Å². The quantitative estimate of drug-likeness (QED) is 0.0277. The van der Waals surface area contributed by atoms with Gasteiger partial charge < -0.3 is 35.7 Å². The topological polar surface area (TPSA) is 190 Å². The molecule has 386 valence electrons. The molecular formula is C46H51ClF9N9O6. The number of anilines is 1. The maximum Gasteiger partial charge on any atom is 0.431 e. The monoisotopic (exact) mass is 1030 g/mol. The molecule has 2 aromatic heterocycles. The molecule has 2 atom stereocenters. The average Bonchev–Trinajstić information content (AvgIpc) is 3.80. The summed E-state index contributed by atoms with van der Waals surface area (Å²) in [6.07, 6.45) is -12.5. The zero-order chi connectivity index (χ0) is 52.5. The van der Waals surface area contributed by atoms with Gasteiger partial charge in [-0.1, -0.05) is 23.6 Å². The number of allylic oxidation sites excluding steroid dienone is 2. The Morgan fingerprint density at radius 3 is 2.27 bits per heavy atom. The summed E-state index contributed by atoms with van der Waals surface area (Å²) >= 11 is 6.73. The molecule has 0 spiro atoms. The van der Waals surface area contributed by atoms with Crippen LogP contribution in [0.1, 0.15) is 56.6 Å². The minimum atomic E-state index is -5.05. The van der Waals surface area contributed by atoms with Crippen molar-refractivity contribution in [2.75, 3.05) is 65.3 Å². The summed E-state index contributed by atoms with van der Waals surface area (Å²) < 4.78 is 146. The van der Waals surface area contributed by atoms with E-state index in [1.165, 1.54) is 31.3 Å². The van der Waals surface area contributed by atoms with Gasteiger partial charge in [0.2, 0.25) is 5.91 Å². The van der Waals surface area contributed by atoms with Crippen LogP contribution in [0.5, 0.6) is 0 Å². The lowest BCUT2D eigenvalue weighted by Gasteiger charge is -2.23. The molecule has 0 radical (unpaired) electrons. The number of aliphatic hydroxyl groups excluding tert-OH is 1. The fraction of sp³-hybridized carbons (Fsp3) is 0.457. The number of nitrogens with two attached hydrogens (primary N) is 1. The van der Waals surface area contributed by atoms with Crippen LogP contribution in [-0.4, -0.2) is 121 Å². The number of ether oxygens (including phenoxy) is 3. The molecule has 71 heavy (non-hydrogen) atoms. The Kier molecular flexibility index (Phi) is 18.5. The molecule has 2 heterocycles. The van der Waals surface area contributed by atoms with Crippen molar-refractivity contribution in [2.45, 2.75) is 76.2 Å². The molecule has 1 aliphatic rings. The van der Waals surface area contributed by atoms with Crippen LogP contribution in [0.4, 0.5) is 50.1 Å². The molecule has 6 N–H and O–H groups in total. The zero-order valence-electron chi connectivity index (χ0n) is 39.0. The highest BCUT2D eigenvalue weighted by atomic mass is 35.5. The predicted octanol–water partition coefficient (Wildman–Crippen LogP) is 7.18. The normalized spacial score (nSPS) is 17.0. The number of benzene rings is 2. The summed E-state index contributed by atoms with van der Waals surface area (Å²) in [6, 6.07) is 6.41. The van der Waals surface area contributed by atoms with Crippen LogP contribution >= 0.6 is 11.6 Å². The number of nitrogens with one attached hydrogen (secondary N) is 3. The highest BCUT2D eigenvalue weighted by Crippen LogP contribution is 2.42. The van der Waals surface area contributed by atoms with Gasteiger partial charge in [-0.25, -0.2) is 28.4 Å². The third kappa shape index (κ3) is 14.8. The summed E-state index contributed by atoms with van der Waals surface area (Å²) in [7, 11) is 2.90. The number of carbonyl (C=O) groups is 2. The number of rotatable bonds is 19. The van der Waals surface area contributed by atoms with Gasteiger partial charge in [0, 0.05) is 29.8 Å². The van der Waals surface area contributed by atoms with Crippen molar-refractivity contribution in [3.63, 3.8) is 0 Å². The van der Waals surface area contributed by atoms with Crippen molar-refractivity contribution in [1.82, 2.24) is 30.8 Å². The van der Waals surface area contributed by atoms with Gasteiger partial charge in [0.05, 0.1) is 71.9 Å². The van der Waals surface area contributed by atoms with E-state index in [1.54, 1.807) is 20.9 Å². The number of halogens is 10. The summed E-state index contributed by atoms with van der Waals surface area (Å²) in [4.78, 5) is 36.1. The Hall–Kier alpha value is -5.97. The molecule has 1 aliphatic carbocycles. The number of hydrogen-bond donors (Lipinski definition) is 5. The molecule has 0 aliphatic heterocycles. The predicted molar refractivity (Wildman–Crippen MR) is 245 cm³/mol. The fourth-order valence-electron chi connectivity index (χ4n) is 7.34. The first-order valence-electron chi connectivity index (χ1n) is 21.7. The SMILES string of the molecule is CNN(C(=O)OCCOCCOCCO)c1nn(CC(F)(F)F)c2c(-c3ccc(C#CC(C)(C)NC)nc3C(Cc3cc(F)cc(F)c3)NC(=O)CN=C3/C(=C(\N)C(F)(F)F)CCC3(C)F)ccc(Cl)c12. The van der Waals surface area contributed by atoms with Crippen molar-refractivity contribution in [3.05, 3.63) is 87.3 Å². The standard InChI is InChI=1S/C46H51ClF9N9O6/c1-43(2,58-4)12-10-29-6-7-30(31-8-9-33(47)36-38(31)64(25-45(51,52)53)63-41(36)65(59-5)42(68)71-19-18-70-17-16-69-15-14-66)37(61-29)34(22-26-20-27(48)23-28(49)21-26)62-35(67)24-60-40-32(11-13-44(40,3)50)39(57)46(54,55)56/h6-9,20-21,23,34,58-59,66H,11,13-19,22,24-25,57H2,1-5H3,(H,62,67)/b39-32-,60-40?. The summed E-state index contributed by atoms with van der Waals surface area (Å²) in [5, 5.41) is 18.9. The van der Waals surface area contributed by atoms with Crippen LogP contribution in [0.25, 0.3) is 22.0 Å². The number of aliphatic imine (C=N–C) groups is 1. The molecule has 0 saturated heterocycles. The molecule has 2 aromatic carbocycles. The van der Waals surface area contributed by atoms with E-state index in [0.717, 1.165) is 19.1 Å². The Morgan fingerprint density at radius 2 is 1.65 bits per heavy atom. The Labute approximate surface area is 406 Å². The van der Waals surface area contributed by atoms with Crippen LogP contribution in [0.3, 0.4) is 0 Å². The highest BCUT2D eigenvalue weighted by molar-refractivity contribution is 6.37. The average molecular weight is 1030 g/mol. The summed E-state index contributed by atoms with van der Waals surface area (Å²) in [6.45, 7) is 1.42. The molecule has 2 amide bonds. The van der Waals surface area contributed by atoms with Crippen LogP contribution in [0.15, 0.2) is 58.7 Å². The van der Waals surface area contributed by atoms with Gasteiger partial charge in [-0.3, -0.25) is 14.5 Å². The zero-order valence-corrected chi connectivity index (χ0v) is 39.7. The summed E-state index contributed by atoms with van der Waals surface area (Å²) in [5.74, 6) is 2.35. The second kappa shape index (κ2) is 23.5. The van der Waals surface area contributed by atoms with Crippen molar-refractivity contribution in [1.29, 1.82) is 0 Å². The van der Waals surface area contributed by atoms with Crippen molar-refractivity contribution >= 4 is 46.0 Å². The van der Waals surface area contributed by atoms with Crippen LogP contribution in [0.2, 0.25) is 5.02 Å². The lowest BCUT2D eigenvalue weighted by atomic mass is 9.93.